The highest BCUT2D eigenvalue weighted by Crippen LogP contribution is 2.27. The van der Waals surface area contributed by atoms with E-state index in [1.165, 1.54) is 12.4 Å². The van der Waals surface area contributed by atoms with E-state index in [1.54, 1.807) is 48.7 Å². The molecule has 0 unspecified atom stereocenters. The maximum absolute atomic E-state index is 12.3. The van der Waals surface area contributed by atoms with Gasteiger partial charge < -0.3 is 10.6 Å². The van der Waals surface area contributed by atoms with Crippen molar-refractivity contribution in [3.63, 3.8) is 0 Å². The first-order valence-corrected chi connectivity index (χ1v) is 9.95. The number of aromatic nitrogens is 5. The van der Waals surface area contributed by atoms with E-state index in [1.807, 2.05) is 6.07 Å². The van der Waals surface area contributed by atoms with E-state index in [0.29, 0.717) is 27.1 Å². The van der Waals surface area contributed by atoms with Crippen LogP contribution >= 0.6 is 23.2 Å². The summed E-state index contributed by atoms with van der Waals surface area (Å²) in [6, 6.07) is 13.5. The zero-order valence-electron chi connectivity index (χ0n) is 16.3. The molecular weight excluding hydrogens is 453 g/mol. The molecular formula is C20H15Cl2N9O. The molecule has 1 amide bonds. The number of hydrazine groups is 1. The highest BCUT2D eigenvalue weighted by atomic mass is 35.5. The molecule has 32 heavy (non-hydrogen) atoms. The van der Waals surface area contributed by atoms with Crippen LogP contribution in [-0.4, -0.2) is 30.8 Å². The first kappa shape index (κ1) is 21.2. The Morgan fingerprint density at radius 3 is 2.28 bits per heavy atom. The van der Waals surface area contributed by atoms with Crippen molar-refractivity contribution in [2.24, 2.45) is 0 Å². The van der Waals surface area contributed by atoms with Gasteiger partial charge in [0.1, 0.15) is 5.82 Å². The minimum Gasteiger partial charge on any atom is -0.323 e. The van der Waals surface area contributed by atoms with Gasteiger partial charge in [0.05, 0.1) is 10.7 Å². The number of pyridine rings is 2. The molecule has 10 nitrogen and oxygen atoms in total. The second-order valence-electron chi connectivity index (χ2n) is 6.21. The van der Waals surface area contributed by atoms with Gasteiger partial charge in [0.2, 0.25) is 17.8 Å². The number of hydrogen-bond acceptors (Lipinski definition) is 9. The molecule has 4 rings (SSSR count). The number of nitrogens with one attached hydrogen (secondary N) is 4. The monoisotopic (exact) mass is 467 g/mol. The number of anilines is 5. The van der Waals surface area contributed by atoms with Gasteiger partial charge >= 0.3 is 0 Å². The van der Waals surface area contributed by atoms with Crippen LogP contribution in [0.3, 0.4) is 0 Å². The number of rotatable bonds is 7. The van der Waals surface area contributed by atoms with Crippen molar-refractivity contribution in [3.8, 4) is 0 Å². The molecule has 0 saturated carbocycles. The Morgan fingerprint density at radius 2 is 1.56 bits per heavy atom. The molecule has 0 fully saturated rings. The summed E-state index contributed by atoms with van der Waals surface area (Å²) in [5, 5.41) is 6.88. The van der Waals surface area contributed by atoms with Gasteiger partial charge in [0.25, 0.3) is 5.91 Å². The molecule has 0 aliphatic heterocycles. The van der Waals surface area contributed by atoms with E-state index in [0.717, 1.165) is 0 Å². The van der Waals surface area contributed by atoms with Crippen molar-refractivity contribution >= 4 is 58.5 Å². The summed E-state index contributed by atoms with van der Waals surface area (Å²) < 4.78 is 0. The van der Waals surface area contributed by atoms with E-state index < -0.39 is 0 Å². The van der Waals surface area contributed by atoms with Gasteiger partial charge in [-0.25, -0.2) is 4.98 Å². The minimum absolute atomic E-state index is 0.0772. The first-order chi connectivity index (χ1) is 15.6. The van der Waals surface area contributed by atoms with Crippen molar-refractivity contribution in [1.82, 2.24) is 30.3 Å². The van der Waals surface area contributed by atoms with Crippen molar-refractivity contribution in [1.29, 1.82) is 0 Å². The van der Waals surface area contributed by atoms with Gasteiger partial charge in [-0.3, -0.25) is 20.6 Å². The summed E-state index contributed by atoms with van der Waals surface area (Å²) in [6.45, 7) is 0. The summed E-state index contributed by atoms with van der Waals surface area (Å²) in [4.78, 5) is 33.3. The zero-order valence-corrected chi connectivity index (χ0v) is 17.8. The van der Waals surface area contributed by atoms with Crippen molar-refractivity contribution < 1.29 is 4.79 Å². The standard InChI is InChI=1S/C20H15Cl2N9O/c21-13-4-5-15(14(22)11-13)25-18-27-19(26-16-3-1-2-8-24-16)29-20(28-18)31-30-17(32)12-6-9-23-10-7-12/h1-11H,(H,30,32)(H3,24,25,26,27,28,29,31). The topological polar surface area (TPSA) is 130 Å². The second kappa shape index (κ2) is 9.86. The van der Waals surface area contributed by atoms with E-state index in [2.05, 4.69) is 46.4 Å². The predicted octanol–water partition coefficient (Wildman–Crippen LogP) is 4.21. The minimum atomic E-state index is -0.387. The lowest BCUT2D eigenvalue weighted by atomic mass is 10.3. The molecule has 0 aliphatic rings. The molecule has 160 valence electrons. The molecule has 0 atom stereocenters. The second-order valence-corrected chi connectivity index (χ2v) is 7.05. The first-order valence-electron chi connectivity index (χ1n) is 9.19. The van der Waals surface area contributed by atoms with Gasteiger partial charge in [0.15, 0.2) is 0 Å². The molecule has 3 aromatic heterocycles. The molecule has 0 saturated heterocycles. The van der Waals surface area contributed by atoms with Crippen LogP contribution in [0.1, 0.15) is 10.4 Å². The van der Waals surface area contributed by atoms with Crippen LogP contribution in [0, 0.1) is 0 Å². The number of amides is 1. The molecule has 1 aromatic carbocycles. The third-order valence-electron chi connectivity index (χ3n) is 3.95. The summed E-state index contributed by atoms with van der Waals surface area (Å²) in [6.07, 6.45) is 4.67. The Bertz CT molecular complexity index is 1230. The van der Waals surface area contributed by atoms with E-state index in [4.69, 9.17) is 23.2 Å². The summed E-state index contributed by atoms with van der Waals surface area (Å²) >= 11 is 12.2. The molecule has 0 bridgehead atoms. The Balaban J connectivity index is 1.58. The lowest BCUT2D eigenvalue weighted by Crippen LogP contribution is -2.30. The van der Waals surface area contributed by atoms with Gasteiger partial charge in [-0.05, 0) is 42.5 Å². The predicted molar refractivity (Wildman–Crippen MR) is 122 cm³/mol. The Labute approximate surface area is 192 Å². The van der Waals surface area contributed by atoms with Crippen molar-refractivity contribution in [3.05, 3.63) is 82.7 Å². The smallest absolute Gasteiger partial charge is 0.269 e. The number of carbonyl (C=O) groups is 1. The molecule has 3 heterocycles. The number of benzene rings is 1. The summed E-state index contributed by atoms with van der Waals surface area (Å²) in [7, 11) is 0. The Morgan fingerprint density at radius 1 is 0.812 bits per heavy atom. The molecule has 0 aliphatic carbocycles. The maximum atomic E-state index is 12.3. The number of nitrogens with zero attached hydrogens (tertiary/aromatic N) is 5. The van der Waals surface area contributed by atoms with Gasteiger partial charge in [-0.1, -0.05) is 29.3 Å². The van der Waals surface area contributed by atoms with Crippen LogP contribution in [0.2, 0.25) is 10.0 Å². The maximum Gasteiger partial charge on any atom is 0.269 e. The fourth-order valence-electron chi connectivity index (χ4n) is 2.49. The fourth-order valence-corrected chi connectivity index (χ4v) is 2.95. The van der Waals surface area contributed by atoms with E-state index in [-0.39, 0.29) is 23.8 Å². The quantitative estimate of drug-likeness (QED) is 0.295. The third-order valence-corrected chi connectivity index (χ3v) is 4.50. The molecule has 4 aromatic rings. The van der Waals surface area contributed by atoms with Crippen LogP contribution in [0.25, 0.3) is 0 Å². The largest absolute Gasteiger partial charge is 0.323 e. The average molecular weight is 468 g/mol. The van der Waals surface area contributed by atoms with Crippen LogP contribution in [-0.2, 0) is 0 Å². The van der Waals surface area contributed by atoms with Crippen LogP contribution < -0.4 is 21.5 Å². The highest BCUT2D eigenvalue weighted by molar-refractivity contribution is 6.36. The lowest BCUT2D eigenvalue weighted by Gasteiger charge is -2.12. The molecule has 4 N–H and O–H groups in total. The summed E-state index contributed by atoms with van der Waals surface area (Å²) in [5.41, 5.74) is 6.17. The molecule has 12 heteroatoms. The van der Waals surface area contributed by atoms with Gasteiger partial charge in [0, 0.05) is 29.2 Å². The highest BCUT2D eigenvalue weighted by Gasteiger charge is 2.11. The normalized spacial score (nSPS) is 10.3. The molecule has 0 radical (unpaired) electrons. The summed E-state index contributed by atoms with van der Waals surface area (Å²) in [5.74, 6) is 0.576. The number of halogens is 2. The molecule has 0 spiro atoms. The fraction of sp³-hybridized carbons (Fsp3) is 0. The van der Waals surface area contributed by atoms with Crippen molar-refractivity contribution in [2.45, 2.75) is 0 Å². The van der Waals surface area contributed by atoms with Gasteiger partial charge in [-0.15, -0.1) is 0 Å². The van der Waals surface area contributed by atoms with E-state index >= 15 is 0 Å². The number of carbonyl (C=O) groups excluding carboxylic acids is 1. The van der Waals surface area contributed by atoms with Gasteiger partial charge in [-0.2, -0.15) is 15.0 Å². The Kier molecular flexibility index (Phi) is 6.54. The third kappa shape index (κ3) is 5.56. The zero-order chi connectivity index (χ0) is 22.3. The SMILES string of the molecule is O=C(NNc1nc(Nc2ccccn2)nc(Nc2ccc(Cl)cc2Cl)n1)c1ccncc1. The average Bonchev–Trinajstić information content (AvgIpc) is 2.80. The lowest BCUT2D eigenvalue weighted by molar-refractivity contribution is 0.0962. The van der Waals surface area contributed by atoms with Crippen molar-refractivity contribution in [2.75, 3.05) is 16.1 Å². The Hall–Kier alpha value is -4.02. The van der Waals surface area contributed by atoms with Crippen LogP contribution in [0.5, 0.6) is 0 Å². The van der Waals surface area contributed by atoms with Crippen LogP contribution in [0.4, 0.5) is 29.4 Å². The van der Waals surface area contributed by atoms with E-state index in [9.17, 15) is 4.79 Å². The van der Waals surface area contributed by atoms with Crippen LogP contribution in [0.15, 0.2) is 67.1 Å². The number of hydrogen-bond donors (Lipinski definition) is 4.